The molecule has 0 aromatic heterocycles. The van der Waals surface area contributed by atoms with Crippen molar-refractivity contribution in [3.63, 3.8) is 0 Å². The number of ether oxygens (including phenoxy) is 2. The molecule has 0 aromatic carbocycles. The zero-order valence-corrected chi connectivity index (χ0v) is 26.3. The van der Waals surface area contributed by atoms with Crippen molar-refractivity contribution in [1.29, 1.82) is 0 Å². The van der Waals surface area contributed by atoms with Crippen LogP contribution in [0.15, 0.2) is 0 Å². The van der Waals surface area contributed by atoms with Crippen LogP contribution < -0.4 is 4.89 Å². The first-order valence-corrected chi connectivity index (χ1v) is 17.3. The minimum Gasteiger partial charge on any atom is -0.756 e. The topological polar surface area (TPSA) is 94.1 Å². The Bertz CT molecular complexity index is 719. The van der Waals surface area contributed by atoms with Crippen LogP contribution in [0.25, 0.3) is 0 Å². The fourth-order valence-electron chi connectivity index (χ4n) is 6.43. The Labute approximate surface area is 238 Å². The second-order valence-electron chi connectivity index (χ2n) is 12.4. The van der Waals surface area contributed by atoms with Gasteiger partial charge in [0.15, 0.2) is 0 Å². The van der Waals surface area contributed by atoms with Crippen LogP contribution in [-0.2, 0) is 27.9 Å². The van der Waals surface area contributed by atoms with Crippen LogP contribution in [0.3, 0.4) is 0 Å². The first-order valence-electron chi connectivity index (χ1n) is 15.8. The van der Waals surface area contributed by atoms with Crippen molar-refractivity contribution in [2.75, 3.05) is 40.5 Å². The maximum absolute atomic E-state index is 12.4. The van der Waals surface area contributed by atoms with Crippen molar-refractivity contribution >= 4 is 13.8 Å². The van der Waals surface area contributed by atoms with Crippen molar-refractivity contribution < 1.29 is 37.3 Å². The van der Waals surface area contributed by atoms with Crippen LogP contribution in [0.5, 0.6) is 0 Å². The number of carbonyl (C=O) groups excluding carboxylic acids is 1. The molecule has 8 nitrogen and oxygen atoms in total. The minimum absolute atomic E-state index is 0.105. The van der Waals surface area contributed by atoms with Gasteiger partial charge < -0.3 is 27.9 Å². The first-order chi connectivity index (χ1) is 18.7. The normalized spacial score (nSPS) is 24.1. The van der Waals surface area contributed by atoms with E-state index in [0.29, 0.717) is 18.6 Å². The van der Waals surface area contributed by atoms with Gasteiger partial charge in [0.25, 0.3) is 7.82 Å². The maximum atomic E-state index is 12.4. The van der Waals surface area contributed by atoms with Crippen molar-refractivity contribution in [3.05, 3.63) is 0 Å². The third-order valence-corrected chi connectivity index (χ3v) is 9.82. The number of fused-ring (bicyclic) bond motifs is 2. The van der Waals surface area contributed by atoms with Gasteiger partial charge in [0.2, 0.25) is 0 Å². The van der Waals surface area contributed by atoms with E-state index in [1.807, 2.05) is 0 Å². The van der Waals surface area contributed by atoms with Gasteiger partial charge in [-0.15, -0.1) is 0 Å². The van der Waals surface area contributed by atoms with Gasteiger partial charge in [-0.3, -0.25) is 9.36 Å². The number of likely N-dealkylation sites (tertiary alicyclic amines) is 1. The van der Waals surface area contributed by atoms with Crippen LogP contribution >= 0.6 is 7.82 Å². The molecule has 0 radical (unpaired) electrons. The molecule has 5 unspecified atom stereocenters. The molecule has 0 N–H and O–H groups in total. The third-order valence-electron chi connectivity index (χ3n) is 8.89. The molecule has 39 heavy (non-hydrogen) atoms. The van der Waals surface area contributed by atoms with Gasteiger partial charge in [0.05, 0.1) is 33.4 Å². The highest BCUT2D eigenvalue weighted by Gasteiger charge is 2.54. The average Bonchev–Trinajstić information content (AvgIpc) is 3.45. The van der Waals surface area contributed by atoms with Crippen LogP contribution in [0.4, 0.5) is 0 Å². The average molecular weight is 576 g/mol. The summed E-state index contributed by atoms with van der Waals surface area (Å²) in [6.07, 6.45) is 20.8. The van der Waals surface area contributed by atoms with Crippen molar-refractivity contribution in [3.8, 4) is 0 Å². The number of nitrogens with zero attached hydrogens (tertiary/aromatic N) is 1. The molecule has 230 valence electrons. The molecular weight excluding hydrogens is 517 g/mol. The van der Waals surface area contributed by atoms with Crippen LogP contribution in [0.2, 0.25) is 0 Å². The maximum Gasteiger partial charge on any atom is 0.303 e. The number of phosphoric ester groups is 1. The smallest absolute Gasteiger partial charge is 0.303 e. The summed E-state index contributed by atoms with van der Waals surface area (Å²) in [6, 6.07) is 0.744. The van der Waals surface area contributed by atoms with E-state index in [0.717, 1.165) is 30.2 Å². The highest BCUT2D eigenvalue weighted by molar-refractivity contribution is 7.45. The predicted molar refractivity (Wildman–Crippen MR) is 153 cm³/mol. The minimum atomic E-state index is -4.50. The standard InChI is InChI=1S/C30H58NO7P/c1-5-6-7-8-9-10-11-12-13-14-15-16-17-18-21-35-23-29(38-26(2)32)24-36-39(33,34)37-25-30-27-19-20-28(22-27)31(30,3)4/h27-30H,5-25H2,1-4H3. The van der Waals surface area contributed by atoms with Crippen LogP contribution in [-0.4, -0.2) is 69.2 Å². The van der Waals surface area contributed by atoms with Gasteiger partial charge in [0, 0.05) is 25.9 Å². The number of hydrogen-bond donors (Lipinski definition) is 0. The summed E-state index contributed by atoms with van der Waals surface area (Å²) in [6.45, 7) is 4.05. The SMILES string of the molecule is CCCCCCCCCCCCCCCCOCC(COP(=O)([O-])OCC1C2CCC(C2)[N+]1(C)C)OC(C)=O. The Morgan fingerprint density at radius 3 is 1.95 bits per heavy atom. The Morgan fingerprint density at radius 2 is 1.44 bits per heavy atom. The highest BCUT2D eigenvalue weighted by atomic mass is 31.2. The number of rotatable bonds is 24. The molecular formula is C30H58NO7P. The zero-order valence-electron chi connectivity index (χ0n) is 25.4. The van der Waals surface area contributed by atoms with E-state index in [9.17, 15) is 14.3 Å². The molecule has 0 spiro atoms. The lowest BCUT2D eigenvalue weighted by Gasteiger charge is -2.42. The van der Waals surface area contributed by atoms with E-state index < -0.39 is 19.9 Å². The highest BCUT2D eigenvalue weighted by Crippen LogP contribution is 2.48. The van der Waals surface area contributed by atoms with E-state index in [4.69, 9.17) is 18.5 Å². The molecule has 0 amide bonds. The molecule has 1 saturated carbocycles. The third kappa shape index (κ3) is 13.8. The van der Waals surface area contributed by atoms with Gasteiger partial charge in [-0.25, -0.2) is 0 Å². The number of likely N-dealkylation sites (N-methyl/N-ethyl adjacent to an activating group) is 1. The first kappa shape index (κ1) is 34.7. The lowest BCUT2D eigenvalue weighted by Crippen LogP contribution is -2.55. The number of quaternary nitrogens is 1. The predicted octanol–water partition coefficient (Wildman–Crippen LogP) is 6.54. The van der Waals surface area contributed by atoms with Gasteiger partial charge in [0.1, 0.15) is 18.8 Å². The molecule has 5 atom stereocenters. The number of unbranched alkanes of at least 4 members (excludes halogenated alkanes) is 13. The van der Waals surface area contributed by atoms with E-state index >= 15 is 0 Å². The summed E-state index contributed by atoms with van der Waals surface area (Å²) in [5.74, 6) is 0.00784. The summed E-state index contributed by atoms with van der Waals surface area (Å²) < 4.78 is 34.5. The van der Waals surface area contributed by atoms with Gasteiger partial charge in [-0.2, -0.15) is 0 Å². The molecule has 2 rings (SSSR count). The summed E-state index contributed by atoms with van der Waals surface area (Å²) in [4.78, 5) is 23.9. The van der Waals surface area contributed by atoms with E-state index in [1.165, 1.54) is 90.4 Å². The molecule has 9 heteroatoms. The molecule has 1 aliphatic carbocycles. The largest absolute Gasteiger partial charge is 0.756 e. The summed E-state index contributed by atoms with van der Waals surface area (Å²) in [5, 5.41) is 0. The molecule has 2 aliphatic rings. The van der Waals surface area contributed by atoms with Crippen LogP contribution in [0, 0.1) is 5.92 Å². The van der Waals surface area contributed by atoms with Gasteiger partial charge in [-0.05, 0) is 19.3 Å². The molecule has 2 bridgehead atoms. The molecule has 0 aromatic rings. The fraction of sp³-hybridized carbons (Fsp3) is 0.967. The number of hydrogen-bond acceptors (Lipinski definition) is 7. The number of carbonyl (C=O) groups is 1. The number of esters is 1. The van der Waals surface area contributed by atoms with E-state index in [2.05, 4.69) is 21.0 Å². The monoisotopic (exact) mass is 575 g/mol. The van der Waals surface area contributed by atoms with Crippen LogP contribution in [0.1, 0.15) is 123 Å². The lowest BCUT2D eigenvalue weighted by atomic mass is 9.98. The second-order valence-corrected chi connectivity index (χ2v) is 13.8. The number of piperidine rings is 1. The summed E-state index contributed by atoms with van der Waals surface area (Å²) in [7, 11) is -0.197. The fourth-order valence-corrected chi connectivity index (χ4v) is 7.19. The Morgan fingerprint density at radius 1 is 0.872 bits per heavy atom. The van der Waals surface area contributed by atoms with Gasteiger partial charge >= 0.3 is 5.97 Å². The Hall–Kier alpha value is -0.500. The van der Waals surface area contributed by atoms with E-state index in [-0.39, 0.29) is 25.9 Å². The zero-order chi connectivity index (χ0) is 28.6. The van der Waals surface area contributed by atoms with Gasteiger partial charge in [-0.1, -0.05) is 90.4 Å². The molecule has 2 fully saturated rings. The second kappa shape index (κ2) is 18.8. The van der Waals surface area contributed by atoms with Crippen molar-refractivity contribution in [2.24, 2.45) is 5.92 Å². The van der Waals surface area contributed by atoms with Crippen molar-refractivity contribution in [2.45, 2.75) is 141 Å². The quantitative estimate of drug-likeness (QED) is 0.0558. The van der Waals surface area contributed by atoms with Crippen molar-refractivity contribution in [1.82, 2.24) is 0 Å². The Balaban J connectivity index is 1.49. The summed E-state index contributed by atoms with van der Waals surface area (Å²) >= 11 is 0. The Kier molecular flexibility index (Phi) is 16.8. The molecule has 1 saturated heterocycles. The molecule has 1 heterocycles. The summed E-state index contributed by atoms with van der Waals surface area (Å²) in [5.41, 5.74) is 0. The lowest BCUT2D eigenvalue weighted by molar-refractivity contribution is -0.931. The van der Waals surface area contributed by atoms with E-state index in [1.54, 1.807) is 0 Å². The number of phosphoric acid groups is 1. The molecule has 1 aliphatic heterocycles.